The van der Waals surface area contributed by atoms with Gasteiger partial charge in [0, 0.05) is 17.8 Å². The molecule has 0 aromatic carbocycles. The number of ketones is 1. The molecule has 0 radical (unpaired) electrons. The zero-order valence-corrected chi connectivity index (χ0v) is 22.7. The molecule has 5 fully saturated rings. The highest BCUT2D eigenvalue weighted by Crippen LogP contribution is 2.77. The molecule has 35 heavy (non-hydrogen) atoms. The van der Waals surface area contributed by atoms with Crippen LogP contribution in [-0.4, -0.2) is 39.8 Å². The van der Waals surface area contributed by atoms with E-state index in [2.05, 4.69) is 41.5 Å². The minimum absolute atomic E-state index is 0.104. The summed E-state index contributed by atoms with van der Waals surface area (Å²) in [7, 11) is 0. The maximum atomic E-state index is 14.3. The van der Waals surface area contributed by atoms with Crippen LogP contribution < -0.4 is 0 Å². The van der Waals surface area contributed by atoms with E-state index < -0.39 is 17.1 Å². The highest BCUT2D eigenvalue weighted by atomic mass is 16.6. The summed E-state index contributed by atoms with van der Waals surface area (Å²) in [5, 5.41) is 21.9. The Bertz CT molecular complexity index is 1060. The zero-order valence-electron chi connectivity index (χ0n) is 22.7. The molecular weight excluding hydrogens is 440 g/mol. The normalized spacial score (nSPS) is 58.4. The number of carbonyl (C=O) groups is 2. The summed E-state index contributed by atoms with van der Waals surface area (Å²) in [5.74, 6) is 0.0718. The van der Waals surface area contributed by atoms with Gasteiger partial charge in [-0.25, -0.2) is 0 Å². The molecule has 1 heterocycles. The minimum atomic E-state index is -0.910. The van der Waals surface area contributed by atoms with Crippen molar-refractivity contribution < 1.29 is 24.5 Å². The molecule has 10 atom stereocenters. The van der Waals surface area contributed by atoms with Crippen LogP contribution in [0.5, 0.6) is 0 Å². The highest BCUT2D eigenvalue weighted by Gasteiger charge is 2.78. The van der Waals surface area contributed by atoms with E-state index in [9.17, 15) is 19.8 Å². The summed E-state index contributed by atoms with van der Waals surface area (Å²) in [4.78, 5) is 27.6. The van der Waals surface area contributed by atoms with Crippen molar-refractivity contribution in [3.8, 4) is 0 Å². The molecule has 5 nitrogen and oxygen atoms in total. The van der Waals surface area contributed by atoms with Crippen LogP contribution in [-0.2, 0) is 14.3 Å². The topological polar surface area (TPSA) is 83.8 Å². The number of rotatable bonds is 0. The lowest BCUT2D eigenvalue weighted by Crippen LogP contribution is -2.69. The van der Waals surface area contributed by atoms with Gasteiger partial charge in [-0.3, -0.25) is 9.59 Å². The summed E-state index contributed by atoms with van der Waals surface area (Å²) in [6.07, 6.45) is 7.22. The van der Waals surface area contributed by atoms with E-state index in [0.717, 1.165) is 44.1 Å². The first-order chi connectivity index (χ1) is 16.0. The molecule has 6 aliphatic rings. The molecule has 0 aromatic rings. The molecule has 1 aliphatic heterocycles. The molecule has 5 heteroatoms. The van der Waals surface area contributed by atoms with Crippen LogP contribution in [0.2, 0.25) is 0 Å². The summed E-state index contributed by atoms with van der Waals surface area (Å²) < 4.78 is 6.39. The van der Waals surface area contributed by atoms with Crippen LogP contribution in [0.4, 0.5) is 0 Å². The van der Waals surface area contributed by atoms with E-state index in [0.29, 0.717) is 18.8 Å². The molecule has 2 N–H and O–H groups in total. The van der Waals surface area contributed by atoms with Crippen molar-refractivity contribution in [2.24, 2.45) is 44.3 Å². The maximum Gasteiger partial charge on any atom is 0.315 e. The monoisotopic (exact) mass is 484 g/mol. The molecule has 2 bridgehead atoms. The maximum absolute atomic E-state index is 14.3. The van der Waals surface area contributed by atoms with Crippen molar-refractivity contribution in [2.75, 3.05) is 0 Å². The number of fused-ring (bicyclic) bond motifs is 6. The third kappa shape index (κ3) is 2.40. The van der Waals surface area contributed by atoms with E-state index in [1.165, 1.54) is 0 Å². The summed E-state index contributed by atoms with van der Waals surface area (Å²) in [6.45, 7) is 15.4. The second kappa shape index (κ2) is 6.43. The lowest BCUT2D eigenvalue weighted by atomic mass is 9.33. The van der Waals surface area contributed by atoms with E-state index in [1.54, 1.807) is 0 Å². The Morgan fingerprint density at radius 2 is 1.57 bits per heavy atom. The molecule has 4 saturated carbocycles. The molecular formula is C30H44O5. The largest absolute Gasteiger partial charge is 0.453 e. The molecule has 0 aromatic heterocycles. The van der Waals surface area contributed by atoms with Crippen LogP contribution in [0.25, 0.3) is 0 Å². The fourth-order valence-electron chi connectivity index (χ4n) is 11.0. The average molecular weight is 485 g/mol. The van der Waals surface area contributed by atoms with Crippen molar-refractivity contribution in [2.45, 2.75) is 118 Å². The molecule has 0 unspecified atom stereocenters. The Labute approximate surface area is 210 Å². The first kappa shape index (κ1) is 24.2. The van der Waals surface area contributed by atoms with Gasteiger partial charge >= 0.3 is 5.97 Å². The minimum Gasteiger partial charge on any atom is -0.453 e. The quantitative estimate of drug-likeness (QED) is 0.474. The summed E-state index contributed by atoms with van der Waals surface area (Å²) >= 11 is 0. The van der Waals surface area contributed by atoms with Crippen LogP contribution in [0, 0.1) is 44.3 Å². The van der Waals surface area contributed by atoms with Gasteiger partial charge in [-0.1, -0.05) is 41.5 Å². The van der Waals surface area contributed by atoms with Crippen LogP contribution in [0.15, 0.2) is 11.6 Å². The smallest absolute Gasteiger partial charge is 0.315 e. The Morgan fingerprint density at radius 1 is 0.886 bits per heavy atom. The molecule has 1 saturated heterocycles. The van der Waals surface area contributed by atoms with Gasteiger partial charge in [-0.15, -0.1) is 0 Å². The summed E-state index contributed by atoms with van der Waals surface area (Å²) in [5.41, 5.74) is -1.94. The van der Waals surface area contributed by atoms with Crippen LogP contribution in [0.1, 0.15) is 99.8 Å². The van der Waals surface area contributed by atoms with Gasteiger partial charge in [0.1, 0.15) is 5.60 Å². The van der Waals surface area contributed by atoms with E-state index in [4.69, 9.17) is 4.74 Å². The standard InChI is InChI=1S/C30H44O5/c1-24(2)18-8-11-29(7)22(26(18,4)10-9-20(24)32)17(31)14-19-28(29,6)13-12-25(3)15-21(33)27(5)16-30(19,25)35-23(27)34/h14,18,20-22,32-33H,8-13,15-16H2,1-7H3/t18-,20-,21+,22+,25-,26-,27-,28+,29+,30-/m0/s1. The van der Waals surface area contributed by atoms with E-state index in [-0.39, 0.29) is 50.8 Å². The van der Waals surface area contributed by atoms with Gasteiger partial charge in [-0.2, -0.15) is 0 Å². The van der Waals surface area contributed by atoms with E-state index in [1.807, 2.05) is 13.0 Å². The SMILES string of the molecule is CC1(C)[C@@H](O)CC[C@]2(C)[C@H]3C(=O)C=C4[C@]56C[C@](C)(C(=O)O5)[C@H](O)C[C@]6(C)CC[C@@]4(C)[C@]3(C)CC[C@@H]12. The number of allylic oxidation sites excluding steroid dienone is 1. The third-order valence-corrected chi connectivity index (χ3v) is 13.5. The van der Waals surface area contributed by atoms with Gasteiger partial charge < -0.3 is 14.9 Å². The lowest BCUT2D eigenvalue weighted by molar-refractivity contribution is -0.214. The Balaban J connectivity index is 1.53. The number of aliphatic hydroxyl groups is 2. The number of aliphatic hydroxyl groups excluding tert-OH is 2. The van der Waals surface area contributed by atoms with Crippen LogP contribution >= 0.6 is 0 Å². The second-order valence-electron chi connectivity index (χ2n) is 15.2. The van der Waals surface area contributed by atoms with Crippen molar-refractivity contribution in [3.05, 3.63) is 11.6 Å². The van der Waals surface area contributed by atoms with Crippen molar-refractivity contribution in [1.82, 2.24) is 0 Å². The number of ether oxygens (including phenoxy) is 1. The van der Waals surface area contributed by atoms with Crippen LogP contribution in [0.3, 0.4) is 0 Å². The number of hydrogen-bond donors (Lipinski definition) is 2. The fourth-order valence-corrected chi connectivity index (χ4v) is 11.0. The van der Waals surface area contributed by atoms with Gasteiger partial charge in [0.15, 0.2) is 5.78 Å². The Morgan fingerprint density at radius 3 is 2.26 bits per heavy atom. The van der Waals surface area contributed by atoms with E-state index >= 15 is 0 Å². The first-order valence-corrected chi connectivity index (χ1v) is 13.9. The van der Waals surface area contributed by atoms with Gasteiger partial charge in [0.2, 0.25) is 0 Å². The summed E-state index contributed by atoms with van der Waals surface area (Å²) in [6, 6.07) is 0. The molecule has 6 rings (SSSR count). The fraction of sp³-hybridized carbons (Fsp3) is 0.867. The van der Waals surface area contributed by atoms with Gasteiger partial charge in [0.05, 0.1) is 17.6 Å². The Kier molecular flexibility index (Phi) is 4.44. The predicted molar refractivity (Wildman–Crippen MR) is 132 cm³/mol. The predicted octanol–water partition coefficient (Wildman–Crippen LogP) is 4.98. The number of hydrogen-bond acceptors (Lipinski definition) is 5. The average Bonchev–Trinajstić information content (AvgIpc) is 3.01. The molecule has 5 aliphatic carbocycles. The number of esters is 1. The van der Waals surface area contributed by atoms with Crippen molar-refractivity contribution >= 4 is 11.8 Å². The Hall–Kier alpha value is -1.20. The third-order valence-electron chi connectivity index (χ3n) is 13.5. The molecule has 0 amide bonds. The first-order valence-electron chi connectivity index (χ1n) is 13.9. The molecule has 1 spiro atoms. The van der Waals surface area contributed by atoms with Crippen molar-refractivity contribution in [1.29, 1.82) is 0 Å². The zero-order chi connectivity index (χ0) is 25.6. The van der Waals surface area contributed by atoms with Gasteiger partial charge in [-0.05, 0) is 91.1 Å². The second-order valence-corrected chi connectivity index (χ2v) is 15.2. The highest BCUT2D eigenvalue weighted by molar-refractivity contribution is 5.96. The molecule has 194 valence electrons. The van der Waals surface area contributed by atoms with Gasteiger partial charge in [0.25, 0.3) is 0 Å². The number of carbonyl (C=O) groups excluding carboxylic acids is 2. The lowest BCUT2D eigenvalue weighted by Gasteiger charge is -2.71. The van der Waals surface area contributed by atoms with Crippen molar-refractivity contribution in [3.63, 3.8) is 0 Å².